The van der Waals surface area contributed by atoms with E-state index in [4.69, 9.17) is 4.42 Å². The summed E-state index contributed by atoms with van der Waals surface area (Å²) in [5.41, 5.74) is 0. The molecule has 0 bridgehead atoms. The van der Waals surface area contributed by atoms with Crippen LogP contribution >= 0.6 is 12.4 Å². The Hall–Kier alpha value is -1.09. The third kappa shape index (κ3) is 3.62. The van der Waals surface area contributed by atoms with Gasteiger partial charge in [-0.3, -0.25) is 0 Å². The summed E-state index contributed by atoms with van der Waals surface area (Å²) in [7, 11) is -0.549. The first kappa shape index (κ1) is 19.0. The van der Waals surface area contributed by atoms with Gasteiger partial charge in [-0.25, -0.2) is 13.2 Å². The Labute approximate surface area is 136 Å². The van der Waals surface area contributed by atoms with E-state index >= 15 is 0 Å². The molecule has 0 spiro atoms. The lowest BCUT2D eigenvalue weighted by molar-refractivity contribution is 0.0563. The zero-order chi connectivity index (χ0) is 15.6. The van der Waals surface area contributed by atoms with Crippen LogP contribution in [0, 0.1) is 6.92 Å². The highest BCUT2D eigenvalue weighted by Gasteiger charge is 2.32. The maximum absolute atomic E-state index is 12.6. The normalized spacial score (nSPS) is 17.0. The molecule has 0 amide bonds. The number of hydrogen-bond donors (Lipinski definition) is 1. The lowest BCUT2D eigenvalue weighted by Gasteiger charge is -2.30. The van der Waals surface area contributed by atoms with Gasteiger partial charge in [0.2, 0.25) is 15.8 Å². The molecule has 0 radical (unpaired) electrons. The second kappa shape index (κ2) is 7.45. The highest BCUT2D eigenvalue weighted by Crippen LogP contribution is 2.26. The molecule has 1 aromatic heterocycles. The van der Waals surface area contributed by atoms with Gasteiger partial charge in [-0.1, -0.05) is 0 Å². The Balaban J connectivity index is 0.00000242. The van der Waals surface area contributed by atoms with Gasteiger partial charge in [-0.05, 0) is 26.8 Å². The van der Waals surface area contributed by atoms with Crippen LogP contribution in [0.2, 0.25) is 0 Å². The van der Waals surface area contributed by atoms with Crippen molar-refractivity contribution in [3.8, 4) is 0 Å². The van der Waals surface area contributed by atoms with E-state index < -0.39 is 16.0 Å². The molecule has 126 valence electrons. The lowest BCUT2D eigenvalue weighted by Crippen LogP contribution is -2.43. The molecule has 1 aliphatic rings. The molecule has 0 unspecified atom stereocenters. The number of aryl methyl sites for hydroxylation is 1. The van der Waals surface area contributed by atoms with E-state index in [1.165, 1.54) is 24.4 Å². The molecule has 0 atom stereocenters. The fourth-order valence-corrected chi connectivity index (χ4v) is 4.08. The number of nitrogens with zero attached hydrogens (tertiary/aromatic N) is 1. The molecule has 22 heavy (non-hydrogen) atoms. The summed E-state index contributed by atoms with van der Waals surface area (Å²) in [6.45, 7) is 2.43. The molecule has 0 aliphatic carbocycles. The van der Waals surface area contributed by atoms with Crippen LogP contribution in [0.25, 0.3) is 0 Å². The van der Waals surface area contributed by atoms with Crippen molar-refractivity contribution >= 4 is 28.4 Å². The number of rotatable bonds is 4. The molecule has 1 aliphatic heterocycles. The SMILES string of the molecule is CNC1CCN(S(=O)(=O)c2cc(C(=O)OC)oc2C)CC1.Cl. The van der Waals surface area contributed by atoms with Gasteiger partial charge < -0.3 is 14.5 Å². The second-order valence-electron chi connectivity index (χ2n) is 4.99. The van der Waals surface area contributed by atoms with Crippen LogP contribution in [0.5, 0.6) is 0 Å². The molecule has 1 saturated heterocycles. The van der Waals surface area contributed by atoms with Crippen molar-refractivity contribution in [3.63, 3.8) is 0 Å². The number of halogens is 1. The van der Waals surface area contributed by atoms with Gasteiger partial charge in [0.15, 0.2) is 0 Å². The van der Waals surface area contributed by atoms with Gasteiger partial charge >= 0.3 is 5.97 Å². The summed E-state index contributed by atoms with van der Waals surface area (Å²) in [6, 6.07) is 1.58. The molecule has 1 fully saturated rings. The van der Waals surface area contributed by atoms with Crippen LogP contribution in [0.4, 0.5) is 0 Å². The van der Waals surface area contributed by atoms with Crippen molar-refractivity contribution in [2.24, 2.45) is 0 Å². The maximum atomic E-state index is 12.6. The summed E-state index contributed by atoms with van der Waals surface area (Å²) < 4.78 is 36.4. The highest BCUT2D eigenvalue weighted by atomic mass is 35.5. The lowest BCUT2D eigenvalue weighted by atomic mass is 10.1. The molecule has 2 rings (SSSR count). The third-order valence-electron chi connectivity index (χ3n) is 3.74. The molecule has 2 heterocycles. The van der Waals surface area contributed by atoms with E-state index in [1.807, 2.05) is 7.05 Å². The van der Waals surface area contributed by atoms with Crippen LogP contribution < -0.4 is 5.32 Å². The maximum Gasteiger partial charge on any atom is 0.373 e. The van der Waals surface area contributed by atoms with Crippen molar-refractivity contribution in [1.29, 1.82) is 0 Å². The quantitative estimate of drug-likeness (QED) is 0.818. The molecule has 1 N–H and O–H groups in total. The molecule has 7 nitrogen and oxygen atoms in total. The molecular weight excluding hydrogens is 332 g/mol. The zero-order valence-corrected chi connectivity index (χ0v) is 14.4. The van der Waals surface area contributed by atoms with Crippen LogP contribution in [-0.4, -0.2) is 52.0 Å². The van der Waals surface area contributed by atoms with Crippen LogP contribution in [0.1, 0.15) is 29.2 Å². The zero-order valence-electron chi connectivity index (χ0n) is 12.8. The van der Waals surface area contributed by atoms with Gasteiger partial charge in [-0.2, -0.15) is 4.31 Å². The summed E-state index contributed by atoms with van der Waals surface area (Å²) in [5.74, 6) is -0.585. The third-order valence-corrected chi connectivity index (χ3v) is 5.74. The first-order valence-corrected chi connectivity index (χ1v) is 8.20. The summed E-state index contributed by atoms with van der Waals surface area (Å²) >= 11 is 0. The van der Waals surface area contributed by atoms with Gasteiger partial charge in [0.25, 0.3) is 0 Å². The van der Waals surface area contributed by atoms with E-state index in [2.05, 4.69) is 10.1 Å². The standard InChI is InChI=1S/C13H20N2O5S.ClH/c1-9-12(8-11(20-9)13(16)19-3)21(17,18)15-6-4-10(14-2)5-7-15;/h8,10,14H,4-7H2,1-3H3;1H. The smallest absolute Gasteiger partial charge is 0.373 e. The predicted octanol–water partition coefficient (Wildman–Crippen LogP) is 1.17. The Bertz CT molecular complexity index is 620. The van der Waals surface area contributed by atoms with E-state index in [-0.39, 0.29) is 28.8 Å². The van der Waals surface area contributed by atoms with E-state index in [0.29, 0.717) is 19.1 Å². The van der Waals surface area contributed by atoms with Gasteiger partial charge in [-0.15, -0.1) is 12.4 Å². The van der Waals surface area contributed by atoms with Gasteiger partial charge in [0, 0.05) is 25.2 Å². The van der Waals surface area contributed by atoms with Crippen molar-refractivity contribution in [2.75, 3.05) is 27.2 Å². The second-order valence-corrected chi connectivity index (χ2v) is 6.90. The molecule has 1 aromatic rings. The number of carbonyl (C=O) groups excluding carboxylic acids is 1. The first-order chi connectivity index (χ1) is 9.90. The van der Waals surface area contributed by atoms with E-state index in [9.17, 15) is 13.2 Å². The number of sulfonamides is 1. The molecule has 9 heteroatoms. The summed E-state index contributed by atoms with van der Waals surface area (Å²) in [4.78, 5) is 11.5. The number of nitrogens with one attached hydrogen (secondary N) is 1. The van der Waals surface area contributed by atoms with Crippen molar-refractivity contribution < 1.29 is 22.4 Å². The topological polar surface area (TPSA) is 88.9 Å². The van der Waals surface area contributed by atoms with Crippen molar-refractivity contribution in [3.05, 3.63) is 17.6 Å². The number of hydrogen-bond acceptors (Lipinski definition) is 6. The Kier molecular flexibility index (Phi) is 6.42. The van der Waals surface area contributed by atoms with Gasteiger partial charge in [0.05, 0.1) is 7.11 Å². The molecule has 0 saturated carbocycles. The average Bonchev–Trinajstić information content (AvgIpc) is 2.89. The molecule has 0 aromatic carbocycles. The molecular formula is C13H21ClN2O5S. The number of carbonyl (C=O) groups is 1. The minimum atomic E-state index is -3.64. The Morgan fingerprint density at radius 2 is 2.00 bits per heavy atom. The van der Waals surface area contributed by atoms with Crippen LogP contribution in [0.3, 0.4) is 0 Å². The fraction of sp³-hybridized carbons (Fsp3) is 0.615. The fourth-order valence-electron chi connectivity index (χ4n) is 2.45. The van der Waals surface area contributed by atoms with Gasteiger partial charge in [0.1, 0.15) is 10.7 Å². The largest absolute Gasteiger partial charge is 0.463 e. The van der Waals surface area contributed by atoms with E-state index in [1.54, 1.807) is 0 Å². The summed E-state index contributed by atoms with van der Waals surface area (Å²) in [6.07, 6.45) is 1.52. The van der Waals surface area contributed by atoms with Crippen molar-refractivity contribution in [2.45, 2.75) is 30.7 Å². The monoisotopic (exact) mass is 352 g/mol. The minimum Gasteiger partial charge on any atom is -0.463 e. The first-order valence-electron chi connectivity index (χ1n) is 6.76. The Morgan fingerprint density at radius 1 is 1.41 bits per heavy atom. The average molecular weight is 353 g/mol. The minimum absolute atomic E-state index is 0. The number of ether oxygens (including phenoxy) is 1. The summed E-state index contributed by atoms with van der Waals surface area (Å²) in [5, 5.41) is 3.15. The number of furan rings is 1. The van der Waals surface area contributed by atoms with Crippen LogP contribution in [0.15, 0.2) is 15.4 Å². The van der Waals surface area contributed by atoms with Crippen molar-refractivity contribution in [1.82, 2.24) is 9.62 Å². The predicted molar refractivity (Wildman–Crippen MR) is 82.9 cm³/mol. The number of piperidine rings is 1. The van der Waals surface area contributed by atoms with Crippen LogP contribution in [-0.2, 0) is 14.8 Å². The highest BCUT2D eigenvalue weighted by molar-refractivity contribution is 7.89. The van der Waals surface area contributed by atoms with E-state index in [0.717, 1.165) is 12.8 Å². The number of esters is 1. The Morgan fingerprint density at radius 3 is 2.50 bits per heavy atom. The number of methoxy groups -OCH3 is 1.